The summed E-state index contributed by atoms with van der Waals surface area (Å²) in [5.41, 5.74) is 3.42. The Labute approximate surface area is 153 Å². The van der Waals surface area contributed by atoms with Crippen LogP contribution in [-0.4, -0.2) is 11.1 Å². The molecule has 2 rings (SSSR count). The molecule has 1 aromatic rings. The Morgan fingerprint density at radius 1 is 1.36 bits per heavy atom. The minimum absolute atomic E-state index is 0.0412. The minimum Gasteiger partial charge on any atom is -0.478 e. The first-order valence-electron chi connectivity index (χ1n) is 8.41. The smallest absolute Gasteiger partial charge is 0.335 e. The normalized spacial score (nSPS) is 18.5. The molecule has 0 unspecified atom stereocenters. The number of allylic oxidation sites excluding steroid dienone is 5. The highest BCUT2D eigenvalue weighted by molar-refractivity contribution is 6.32. The predicted octanol–water partition coefficient (Wildman–Crippen LogP) is 6.82. The van der Waals surface area contributed by atoms with Crippen molar-refractivity contribution in [2.45, 2.75) is 47.0 Å². The van der Waals surface area contributed by atoms with Gasteiger partial charge >= 0.3 is 5.97 Å². The van der Waals surface area contributed by atoms with Crippen molar-refractivity contribution in [2.24, 2.45) is 5.41 Å². The molecule has 1 aromatic carbocycles. The molecule has 4 heteroatoms. The molecule has 25 heavy (non-hydrogen) atoms. The molecule has 0 saturated carbocycles. The summed E-state index contributed by atoms with van der Waals surface area (Å²) in [7, 11) is 0. The van der Waals surface area contributed by atoms with Gasteiger partial charge in [0.2, 0.25) is 0 Å². The van der Waals surface area contributed by atoms with Gasteiger partial charge in [-0.1, -0.05) is 43.2 Å². The zero-order chi connectivity index (χ0) is 18.8. The third kappa shape index (κ3) is 4.40. The number of rotatable bonds is 4. The van der Waals surface area contributed by atoms with Crippen LogP contribution in [0.4, 0.5) is 4.39 Å². The lowest BCUT2D eigenvalue weighted by atomic mass is 9.72. The van der Waals surface area contributed by atoms with Gasteiger partial charge in [0.15, 0.2) is 0 Å². The Balaban J connectivity index is 2.35. The molecule has 0 amide bonds. The number of aromatic carboxylic acids is 1. The molecular formula is C21H24ClFO2. The standard InChI is InChI=1S/C21H24ClFO2/c1-13-6-5-11-21(3,4)17(13)10-7-14(2)19(23)16-9-8-15(20(24)25)12-18(16)22/h7-10,12H,5-6,11H2,1-4H3,(H,24,25)/b10-7+,19-14-. The van der Waals surface area contributed by atoms with Gasteiger partial charge in [-0.05, 0) is 67.9 Å². The zero-order valence-electron chi connectivity index (χ0n) is 15.1. The fourth-order valence-electron chi connectivity index (χ4n) is 3.33. The van der Waals surface area contributed by atoms with Crippen molar-refractivity contribution >= 4 is 23.4 Å². The second kappa shape index (κ2) is 7.57. The lowest BCUT2D eigenvalue weighted by Gasteiger charge is -2.33. The van der Waals surface area contributed by atoms with E-state index in [1.807, 2.05) is 6.08 Å². The van der Waals surface area contributed by atoms with Crippen LogP contribution in [0.2, 0.25) is 5.02 Å². The second-order valence-corrected chi connectivity index (χ2v) is 7.67. The van der Waals surface area contributed by atoms with Crippen molar-refractivity contribution in [3.63, 3.8) is 0 Å². The van der Waals surface area contributed by atoms with E-state index in [1.54, 1.807) is 13.0 Å². The summed E-state index contributed by atoms with van der Waals surface area (Å²) in [4.78, 5) is 11.0. The number of benzene rings is 1. The van der Waals surface area contributed by atoms with Crippen LogP contribution in [0, 0.1) is 5.41 Å². The van der Waals surface area contributed by atoms with Crippen molar-refractivity contribution in [3.8, 4) is 0 Å². The zero-order valence-corrected chi connectivity index (χ0v) is 15.9. The molecule has 1 aliphatic carbocycles. The molecule has 0 bridgehead atoms. The maximum atomic E-state index is 14.7. The van der Waals surface area contributed by atoms with Crippen LogP contribution < -0.4 is 0 Å². The summed E-state index contributed by atoms with van der Waals surface area (Å²) < 4.78 is 14.7. The Hall–Kier alpha value is -1.87. The Bertz CT molecular complexity index is 785. The minimum atomic E-state index is -1.09. The molecule has 0 spiro atoms. The third-order valence-corrected chi connectivity index (χ3v) is 5.15. The second-order valence-electron chi connectivity index (χ2n) is 7.26. The molecule has 2 nitrogen and oxygen atoms in total. The Morgan fingerprint density at radius 2 is 2.04 bits per heavy atom. The van der Waals surface area contributed by atoms with Crippen LogP contribution in [0.15, 0.2) is 47.1 Å². The van der Waals surface area contributed by atoms with E-state index >= 15 is 0 Å². The largest absolute Gasteiger partial charge is 0.478 e. The summed E-state index contributed by atoms with van der Waals surface area (Å²) in [6.45, 7) is 8.26. The SMILES string of the molecule is CC1=C(/C=C/C(C)=C(\F)c2ccc(C(=O)O)cc2Cl)C(C)(C)CCC1. The van der Waals surface area contributed by atoms with E-state index in [2.05, 4.69) is 20.8 Å². The topological polar surface area (TPSA) is 37.3 Å². The van der Waals surface area contributed by atoms with Crippen LogP contribution in [0.5, 0.6) is 0 Å². The van der Waals surface area contributed by atoms with Gasteiger partial charge < -0.3 is 5.11 Å². The van der Waals surface area contributed by atoms with Gasteiger partial charge in [0, 0.05) is 5.56 Å². The highest BCUT2D eigenvalue weighted by Crippen LogP contribution is 2.41. The molecular weight excluding hydrogens is 339 g/mol. The number of carbonyl (C=O) groups is 1. The van der Waals surface area contributed by atoms with Crippen LogP contribution >= 0.6 is 11.6 Å². The summed E-state index contributed by atoms with van der Waals surface area (Å²) in [6.07, 6.45) is 7.17. The molecule has 0 aromatic heterocycles. The van der Waals surface area contributed by atoms with Crippen molar-refractivity contribution in [1.82, 2.24) is 0 Å². The van der Waals surface area contributed by atoms with Crippen LogP contribution in [0.3, 0.4) is 0 Å². The van der Waals surface area contributed by atoms with Crippen LogP contribution in [0.1, 0.15) is 62.9 Å². The average Bonchev–Trinajstić information content (AvgIpc) is 2.52. The van der Waals surface area contributed by atoms with E-state index in [0.29, 0.717) is 5.57 Å². The predicted molar refractivity (Wildman–Crippen MR) is 102 cm³/mol. The van der Waals surface area contributed by atoms with Crippen molar-refractivity contribution in [1.29, 1.82) is 0 Å². The first kappa shape index (κ1) is 19.5. The number of hydrogen-bond donors (Lipinski definition) is 1. The van der Waals surface area contributed by atoms with E-state index in [4.69, 9.17) is 16.7 Å². The van der Waals surface area contributed by atoms with Gasteiger partial charge in [-0.15, -0.1) is 0 Å². The van der Waals surface area contributed by atoms with Crippen LogP contribution in [-0.2, 0) is 0 Å². The number of carboxylic acid groups (broad SMARTS) is 1. The first-order chi connectivity index (χ1) is 11.6. The van der Waals surface area contributed by atoms with E-state index in [-0.39, 0.29) is 21.6 Å². The molecule has 134 valence electrons. The van der Waals surface area contributed by atoms with E-state index in [9.17, 15) is 9.18 Å². The van der Waals surface area contributed by atoms with Gasteiger partial charge in [0.05, 0.1) is 10.6 Å². The summed E-state index contributed by atoms with van der Waals surface area (Å²) in [5.74, 6) is -1.53. The fourth-order valence-corrected chi connectivity index (χ4v) is 3.59. The maximum Gasteiger partial charge on any atom is 0.335 e. The summed E-state index contributed by atoms with van der Waals surface area (Å²) in [6, 6.07) is 4.04. The number of halogens is 2. The highest BCUT2D eigenvalue weighted by Gasteiger charge is 2.26. The van der Waals surface area contributed by atoms with Crippen LogP contribution in [0.25, 0.3) is 5.83 Å². The molecule has 0 heterocycles. The van der Waals surface area contributed by atoms with E-state index in [1.165, 1.54) is 35.8 Å². The first-order valence-corrected chi connectivity index (χ1v) is 8.79. The van der Waals surface area contributed by atoms with Crippen molar-refractivity contribution < 1.29 is 14.3 Å². The van der Waals surface area contributed by atoms with E-state index < -0.39 is 11.8 Å². The van der Waals surface area contributed by atoms with Gasteiger partial charge in [-0.3, -0.25) is 0 Å². The lowest BCUT2D eigenvalue weighted by Crippen LogP contribution is -2.19. The molecule has 1 aliphatic rings. The lowest BCUT2D eigenvalue weighted by molar-refractivity contribution is 0.0697. The average molecular weight is 363 g/mol. The quantitative estimate of drug-likeness (QED) is 0.596. The molecule has 0 saturated heterocycles. The van der Waals surface area contributed by atoms with Crippen molar-refractivity contribution in [2.75, 3.05) is 0 Å². The number of carboxylic acids is 1. The maximum absolute atomic E-state index is 14.7. The summed E-state index contributed by atoms with van der Waals surface area (Å²) in [5, 5.41) is 9.07. The Morgan fingerprint density at radius 3 is 2.60 bits per heavy atom. The molecule has 0 fully saturated rings. The Kier molecular flexibility index (Phi) is 5.89. The van der Waals surface area contributed by atoms with E-state index in [0.717, 1.165) is 12.8 Å². The van der Waals surface area contributed by atoms with Crippen molar-refractivity contribution in [3.05, 3.63) is 63.2 Å². The molecule has 1 N–H and O–H groups in total. The monoisotopic (exact) mass is 362 g/mol. The van der Waals surface area contributed by atoms with Gasteiger partial charge in [-0.2, -0.15) is 0 Å². The highest BCUT2D eigenvalue weighted by atomic mass is 35.5. The molecule has 0 atom stereocenters. The third-order valence-electron chi connectivity index (χ3n) is 4.84. The van der Waals surface area contributed by atoms with Gasteiger partial charge in [0.25, 0.3) is 0 Å². The van der Waals surface area contributed by atoms with Gasteiger partial charge in [0.1, 0.15) is 5.83 Å². The fraction of sp³-hybridized carbons (Fsp3) is 0.381. The van der Waals surface area contributed by atoms with Gasteiger partial charge in [-0.25, -0.2) is 9.18 Å². The summed E-state index contributed by atoms with van der Waals surface area (Å²) >= 11 is 6.06. The number of hydrogen-bond acceptors (Lipinski definition) is 1. The molecule has 0 aliphatic heterocycles. The molecule has 0 radical (unpaired) electrons.